The van der Waals surface area contributed by atoms with Crippen molar-refractivity contribution in [3.05, 3.63) is 125 Å². The summed E-state index contributed by atoms with van der Waals surface area (Å²) in [7, 11) is 0. The number of carbonyl (C=O) groups is 3. The van der Waals surface area contributed by atoms with E-state index in [1.54, 1.807) is 0 Å². The highest BCUT2D eigenvalue weighted by Gasteiger charge is 2.29. The van der Waals surface area contributed by atoms with Crippen molar-refractivity contribution in [1.82, 2.24) is 15.7 Å². The molecule has 1 aliphatic heterocycles. The number of aromatic hydroxyl groups is 3. The van der Waals surface area contributed by atoms with E-state index in [1.807, 2.05) is 36.4 Å². The van der Waals surface area contributed by atoms with Crippen LogP contribution >= 0.6 is 0 Å². The maximum absolute atomic E-state index is 10.8. The van der Waals surface area contributed by atoms with Gasteiger partial charge in [-0.3, -0.25) is 14.4 Å². The summed E-state index contributed by atoms with van der Waals surface area (Å²) in [6, 6.07) is 11.6. The zero-order valence-corrected chi connectivity index (χ0v) is 46.5. The van der Waals surface area contributed by atoms with Gasteiger partial charge in [0.25, 0.3) is 0 Å². The molecule has 0 aromatic heterocycles. The average Bonchev–Trinajstić information content (AvgIpc) is 3.23. The summed E-state index contributed by atoms with van der Waals surface area (Å²) in [5.41, 5.74) is 7.13. The molecular weight excluding hydrogens is 919 g/mol. The Balaban J connectivity index is 0.000000487. The largest absolute Gasteiger partial charge is 0.507 e. The Morgan fingerprint density at radius 3 is 0.653 bits per heavy atom. The first-order valence-corrected chi connectivity index (χ1v) is 24.1. The maximum Gasteiger partial charge on any atom is 0.303 e. The second-order valence-electron chi connectivity index (χ2n) is 23.9. The lowest BCUT2D eigenvalue weighted by molar-refractivity contribution is -0.676. The minimum atomic E-state index is -0.798. The molecule has 0 bridgehead atoms. The van der Waals surface area contributed by atoms with Crippen molar-refractivity contribution in [3.63, 3.8) is 0 Å². The number of aryl methyl sites for hydroxylation is 3. The van der Waals surface area contributed by atoms with E-state index in [-0.39, 0.29) is 51.8 Å². The molecule has 3 aromatic carbocycles. The highest BCUT2D eigenvalue weighted by atomic mass is 17.3. The van der Waals surface area contributed by atoms with Crippen molar-refractivity contribution in [2.24, 2.45) is 0 Å². The third-order valence-electron chi connectivity index (χ3n) is 11.2. The van der Waals surface area contributed by atoms with Crippen LogP contribution in [0.5, 0.6) is 17.2 Å². The number of hydrogen-bond acceptors (Lipinski definition) is 12. The molecular formula is C57H87N3O12. The normalized spacial score (nSPS) is 13.3. The summed E-state index contributed by atoms with van der Waals surface area (Å²) in [5.74, 6) is -1.38. The number of hydroxylamine groups is 6. The van der Waals surface area contributed by atoms with Gasteiger partial charge in [-0.2, -0.15) is 0 Å². The molecule has 1 saturated heterocycles. The lowest BCUT2D eigenvalue weighted by Gasteiger charge is -2.33. The molecule has 6 N–H and O–H groups in total. The third kappa shape index (κ3) is 20.6. The number of carboxylic acids is 3. The van der Waals surface area contributed by atoms with Gasteiger partial charge in [0.05, 0.1) is 18.6 Å². The topological polar surface area (TPSA) is 210 Å². The van der Waals surface area contributed by atoms with Crippen LogP contribution in [0.3, 0.4) is 0 Å². The highest BCUT2D eigenvalue weighted by Crippen LogP contribution is 2.42. The molecule has 1 fully saturated rings. The monoisotopic (exact) mass is 1010 g/mol. The molecule has 0 spiro atoms. The number of carboxylic acid groups (broad SMARTS) is 3. The Morgan fingerprint density at radius 2 is 0.542 bits per heavy atom. The predicted molar refractivity (Wildman–Crippen MR) is 284 cm³/mol. The second-order valence-corrected chi connectivity index (χ2v) is 23.9. The molecule has 0 unspecified atom stereocenters. The quantitative estimate of drug-likeness (QED) is 0.0997. The summed E-state index contributed by atoms with van der Waals surface area (Å²) in [5, 5.41) is 61.0. The van der Waals surface area contributed by atoms with Crippen LogP contribution in [0.4, 0.5) is 0 Å². The van der Waals surface area contributed by atoms with Crippen molar-refractivity contribution >= 4 is 17.9 Å². The fraction of sp³-hybridized carbons (Fsp3) is 0.526. The minimum absolute atomic E-state index is 0.109. The van der Waals surface area contributed by atoms with Gasteiger partial charge in [-0.15, -0.1) is 0 Å². The zero-order valence-electron chi connectivity index (χ0n) is 46.5. The van der Waals surface area contributed by atoms with Crippen LogP contribution in [0, 0.1) is 0 Å². The second kappa shape index (κ2) is 25.6. The molecule has 0 aliphatic carbocycles. The molecule has 0 atom stereocenters. The number of hydrogen-bond donors (Lipinski definition) is 6. The first kappa shape index (κ1) is 64.0. The fourth-order valence-corrected chi connectivity index (χ4v) is 7.18. The first-order chi connectivity index (χ1) is 32.6. The summed E-state index contributed by atoms with van der Waals surface area (Å²) in [6.07, 6.45) is 5.69. The number of phenols is 3. The molecule has 15 nitrogen and oxygen atoms in total. The predicted octanol–water partition coefficient (Wildman–Crippen LogP) is 12.9. The van der Waals surface area contributed by atoms with E-state index in [2.05, 4.69) is 144 Å². The molecule has 4 rings (SSSR count). The molecule has 0 saturated carbocycles. The van der Waals surface area contributed by atoms with Gasteiger partial charge < -0.3 is 30.6 Å². The number of aliphatic carboxylic acids is 3. The van der Waals surface area contributed by atoms with Gasteiger partial charge in [-0.05, 0) is 102 Å². The van der Waals surface area contributed by atoms with Crippen molar-refractivity contribution in [2.75, 3.05) is 0 Å². The van der Waals surface area contributed by atoms with E-state index in [9.17, 15) is 29.7 Å². The van der Waals surface area contributed by atoms with Crippen LogP contribution < -0.4 is 0 Å². The smallest absolute Gasteiger partial charge is 0.303 e. The Morgan fingerprint density at radius 1 is 0.389 bits per heavy atom. The molecule has 402 valence electrons. The minimum Gasteiger partial charge on any atom is -0.507 e. The molecule has 1 heterocycles. The number of rotatable bonds is 12. The van der Waals surface area contributed by atoms with E-state index < -0.39 is 17.9 Å². The van der Waals surface area contributed by atoms with Crippen molar-refractivity contribution < 1.29 is 59.8 Å². The van der Waals surface area contributed by atoms with Crippen LogP contribution in [-0.4, -0.2) is 64.2 Å². The summed E-state index contributed by atoms with van der Waals surface area (Å²) in [4.78, 5) is 46.7. The van der Waals surface area contributed by atoms with E-state index in [4.69, 9.17) is 30.1 Å². The Kier molecular flexibility index (Phi) is 22.7. The van der Waals surface area contributed by atoms with Gasteiger partial charge in [-0.25, -0.2) is 0 Å². The average molecular weight is 1010 g/mol. The van der Waals surface area contributed by atoms with Crippen LogP contribution in [0.2, 0.25) is 0 Å². The fourth-order valence-electron chi connectivity index (χ4n) is 7.18. The van der Waals surface area contributed by atoms with Crippen molar-refractivity contribution in [1.29, 1.82) is 0 Å². The Hall–Kier alpha value is -6.03. The van der Waals surface area contributed by atoms with Gasteiger partial charge in [-0.1, -0.05) is 211 Å². The third-order valence-corrected chi connectivity index (χ3v) is 11.2. The van der Waals surface area contributed by atoms with Crippen LogP contribution in [-0.2, 0) is 81.0 Å². The van der Waals surface area contributed by atoms with E-state index in [1.165, 1.54) is 18.6 Å². The molecule has 15 heteroatoms. The van der Waals surface area contributed by atoms with E-state index >= 15 is 0 Å². The highest BCUT2D eigenvalue weighted by molar-refractivity contribution is 5.68. The maximum atomic E-state index is 10.8. The van der Waals surface area contributed by atoms with Gasteiger partial charge in [0.1, 0.15) is 17.2 Å². The zero-order chi connectivity index (χ0) is 56.1. The van der Waals surface area contributed by atoms with Crippen LogP contribution in [0.25, 0.3) is 0 Å². The summed E-state index contributed by atoms with van der Waals surface area (Å²) < 4.78 is 0. The van der Waals surface area contributed by atoms with Crippen LogP contribution in [0.1, 0.15) is 194 Å². The van der Waals surface area contributed by atoms with Gasteiger partial charge in [0.15, 0.2) is 0 Å². The summed E-state index contributed by atoms with van der Waals surface area (Å²) >= 11 is 0. The standard InChI is InChI=1S/3C17H26O3.C6H9N3O3/c3*1-16(2,3)12-9-11(7-8-14(18)19)10-13(15(12)20)17(4,5)6;1-4-7-10-8(5-2)12-9(6-3)11-7/h3*9-10,20H,7-8H2,1-6H3,(H,18,19);4-6H,1-3H2. The molecule has 3 aromatic rings. The molecule has 0 amide bonds. The van der Waals surface area contributed by atoms with Gasteiger partial charge in [0.2, 0.25) is 0 Å². The Bertz CT molecular complexity index is 1980. The molecule has 72 heavy (non-hydrogen) atoms. The lowest BCUT2D eigenvalue weighted by atomic mass is 9.78. The van der Waals surface area contributed by atoms with Crippen LogP contribution in [0.15, 0.2) is 74.7 Å². The number of phenolic OH excluding ortho intramolecular Hbond substituents is 3. The Labute approximate surface area is 429 Å². The van der Waals surface area contributed by atoms with E-state index in [0.29, 0.717) is 36.5 Å². The lowest BCUT2D eigenvalue weighted by Crippen LogP contribution is -2.43. The van der Waals surface area contributed by atoms with Crippen molar-refractivity contribution in [3.8, 4) is 17.2 Å². The number of benzene rings is 3. The molecule has 0 radical (unpaired) electrons. The number of nitrogens with zero attached hydrogens (tertiary/aromatic N) is 3. The van der Waals surface area contributed by atoms with Crippen molar-refractivity contribution in [2.45, 2.75) is 196 Å². The molecule has 1 aliphatic rings. The summed E-state index contributed by atoms with van der Waals surface area (Å²) in [6.45, 7) is 47.2. The van der Waals surface area contributed by atoms with Gasteiger partial charge >= 0.3 is 17.9 Å². The SMILES string of the molecule is C=CN1ON(C=C)ON(C=C)O1.CC(C)(C)c1cc(CCC(=O)O)cc(C(C)(C)C)c1O.CC(C)(C)c1cc(CCC(=O)O)cc(C(C)(C)C)c1O.CC(C)(C)c1cc(CCC(=O)O)cc(C(C)(C)C)c1O. The van der Waals surface area contributed by atoms with Gasteiger partial charge in [0, 0.05) is 19.3 Å². The van der Waals surface area contributed by atoms with E-state index in [0.717, 1.165) is 65.8 Å². The first-order valence-electron chi connectivity index (χ1n) is 24.1.